The van der Waals surface area contributed by atoms with Gasteiger partial charge in [-0.1, -0.05) is 69.0 Å². The third kappa shape index (κ3) is 8.89. The third-order valence-corrected chi connectivity index (χ3v) is 7.11. The molecule has 1 aliphatic rings. The van der Waals surface area contributed by atoms with Gasteiger partial charge >= 0.3 is 6.03 Å². The number of nitrogens with zero attached hydrogens (tertiary/aromatic N) is 2. The average Bonchev–Trinajstić information content (AvgIpc) is 2.94. The third-order valence-electron chi connectivity index (χ3n) is 7.11. The van der Waals surface area contributed by atoms with E-state index in [9.17, 15) is 9.59 Å². The van der Waals surface area contributed by atoms with Crippen LogP contribution >= 0.6 is 0 Å². The van der Waals surface area contributed by atoms with E-state index < -0.39 is 6.10 Å². The topological polar surface area (TPSA) is 61.9 Å². The molecule has 6 heteroatoms. The van der Waals surface area contributed by atoms with Gasteiger partial charge in [-0.15, -0.1) is 0 Å². The number of likely N-dealkylation sites (tertiary alicyclic amines) is 1. The molecular formula is C31H45N3O3. The molecule has 3 rings (SSSR count). The Morgan fingerprint density at radius 1 is 0.946 bits per heavy atom. The predicted molar refractivity (Wildman–Crippen MR) is 152 cm³/mol. The minimum Gasteiger partial charge on any atom is -0.368 e. The second-order valence-electron chi connectivity index (χ2n) is 9.99. The first kappa shape index (κ1) is 28.7. The van der Waals surface area contributed by atoms with E-state index in [0.29, 0.717) is 19.6 Å². The van der Waals surface area contributed by atoms with Crippen molar-refractivity contribution < 1.29 is 14.3 Å². The van der Waals surface area contributed by atoms with Crippen molar-refractivity contribution in [3.8, 4) is 11.1 Å². The Morgan fingerprint density at radius 3 is 2.38 bits per heavy atom. The lowest BCUT2D eigenvalue weighted by Crippen LogP contribution is -2.44. The monoisotopic (exact) mass is 507 g/mol. The first-order chi connectivity index (χ1) is 18.0. The number of piperidine rings is 1. The molecule has 1 fully saturated rings. The van der Waals surface area contributed by atoms with Crippen LogP contribution in [0, 0.1) is 0 Å². The lowest BCUT2D eigenvalue weighted by atomic mass is 10.00. The summed E-state index contributed by atoms with van der Waals surface area (Å²) in [4.78, 5) is 29.3. The molecule has 0 radical (unpaired) electrons. The number of benzene rings is 2. The van der Waals surface area contributed by atoms with Crippen LogP contribution in [-0.4, -0.2) is 56.2 Å². The van der Waals surface area contributed by atoms with Crippen molar-refractivity contribution in [2.75, 3.05) is 38.2 Å². The van der Waals surface area contributed by atoms with Crippen LogP contribution in [0.25, 0.3) is 11.1 Å². The predicted octanol–water partition coefficient (Wildman–Crippen LogP) is 6.43. The number of carbonyl (C=O) groups excluding carboxylic acids is 2. The fourth-order valence-electron chi connectivity index (χ4n) is 4.84. The maximum atomic E-state index is 13.0. The minimum atomic E-state index is -0.434. The molecule has 202 valence electrons. The van der Waals surface area contributed by atoms with E-state index in [1.807, 2.05) is 37.1 Å². The number of anilines is 1. The van der Waals surface area contributed by atoms with Gasteiger partial charge in [0, 0.05) is 45.4 Å². The largest absolute Gasteiger partial charge is 0.368 e. The molecule has 0 aliphatic carbocycles. The van der Waals surface area contributed by atoms with Crippen molar-refractivity contribution in [2.45, 2.75) is 77.7 Å². The summed E-state index contributed by atoms with van der Waals surface area (Å²) in [5, 5.41) is 3.03. The van der Waals surface area contributed by atoms with Gasteiger partial charge < -0.3 is 15.0 Å². The van der Waals surface area contributed by atoms with Crippen molar-refractivity contribution in [1.82, 2.24) is 10.2 Å². The van der Waals surface area contributed by atoms with Gasteiger partial charge in [0.2, 0.25) is 0 Å². The lowest BCUT2D eigenvalue weighted by molar-refractivity contribution is -0.144. The van der Waals surface area contributed by atoms with Crippen LogP contribution in [0.3, 0.4) is 0 Å². The Bertz CT molecular complexity index is 970. The Hall–Kier alpha value is -2.86. The molecule has 1 saturated heterocycles. The second kappa shape index (κ2) is 15.4. The SMILES string of the molecule is CCCCCCCNC(=O)N(C)c1cccc(-c2ccc(CC(OCC)C(=O)N3CCCCC3)cc2)c1. The van der Waals surface area contributed by atoms with Crippen LogP contribution in [-0.2, 0) is 16.0 Å². The normalized spacial score (nSPS) is 14.3. The number of rotatable bonds is 13. The highest BCUT2D eigenvalue weighted by Crippen LogP contribution is 2.25. The molecule has 3 amide bonds. The highest BCUT2D eigenvalue weighted by atomic mass is 16.5. The number of hydrogen-bond acceptors (Lipinski definition) is 3. The van der Waals surface area contributed by atoms with Crippen molar-refractivity contribution in [1.29, 1.82) is 0 Å². The van der Waals surface area contributed by atoms with Crippen LogP contribution < -0.4 is 10.2 Å². The summed E-state index contributed by atoms with van der Waals surface area (Å²) in [6.45, 7) is 7.05. The van der Waals surface area contributed by atoms with E-state index in [2.05, 4.69) is 42.6 Å². The summed E-state index contributed by atoms with van der Waals surface area (Å²) in [6, 6.07) is 16.3. The Morgan fingerprint density at radius 2 is 1.68 bits per heavy atom. The minimum absolute atomic E-state index is 0.0803. The number of nitrogens with one attached hydrogen (secondary N) is 1. The smallest absolute Gasteiger partial charge is 0.321 e. The quantitative estimate of drug-likeness (QED) is 0.318. The van der Waals surface area contributed by atoms with Gasteiger partial charge in [-0.05, 0) is 61.4 Å². The van der Waals surface area contributed by atoms with Crippen molar-refractivity contribution in [3.63, 3.8) is 0 Å². The van der Waals surface area contributed by atoms with Gasteiger partial charge in [-0.2, -0.15) is 0 Å². The van der Waals surface area contributed by atoms with Gasteiger partial charge in [0.1, 0.15) is 6.10 Å². The van der Waals surface area contributed by atoms with E-state index in [1.54, 1.807) is 4.90 Å². The standard InChI is InChI=1S/C31H45N3O3/c1-4-6-7-8-10-20-32-31(36)33(3)28-15-13-14-27(24-28)26-18-16-25(17-19-26)23-29(37-5-2)30(35)34-21-11-9-12-22-34/h13-19,24,29H,4-12,20-23H2,1-3H3,(H,32,36). The summed E-state index contributed by atoms with van der Waals surface area (Å²) in [6.07, 6.45) is 9.37. The zero-order valence-electron chi connectivity index (χ0n) is 23.0. The molecule has 1 aliphatic heterocycles. The molecule has 2 aromatic rings. The van der Waals surface area contributed by atoms with Gasteiger partial charge in [0.15, 0.2) is 0 Å². The van der Waals surface area contributed by atoms with E-state index in [4.69, 9.17) is 4.74 Å². The molecular weight excluding hydrogens is 462 g/mol. The number of unbranched alkanes of at least 4 members (excludes halogenated alkanes) is 4. The fourth-order valence-corrected chi connectivity index (χ4v) is 4.84. The summed E-state index contributed by atoms with van der Waals surface area (Å²) in [5.41, 5.74) is 4.06. The Labute approximate surface area is 223 Å². The number of carbonyl (C=O) groups is 2. The van der Waals surface area contributed by atoms with E-state index in [1.165, 1.54) is 25.7 Å². The molecule has 1 heterocycles. The first-order valence-corrected chi connectivity index (χ1v) is 14.1. The van der Waals surface area contributed by atoms with E-state index in [-0.39, 0.29) is 11.9 Å². The number of urea groups is 1. The van der Waals surface area contributed by atoms with Crippen LogP contribution in [0.2, 0.25) is 0 Å². The van der Waals surface area contributed by atoms with Gasteiger partial charge in [0.25, 0.3) is 5.91 Å². The zero-order valence-corrected chi connectivity index (χ0v) is 23.0. The second-order valence-corrected chi connectivity index (χ2v) is 9.99. The Kier molecular flexibility index (Phi) is 12.0. The van der Waals surface area contributed by atoms with Crippen LogP contribution in [0.15, 0.2) is 48.5 Å². The average molecular weight is 508 g/mol. The molecule has 1 unspecified atom stereocenters. The lowest BCUT2D eigenvalue weighted by Gasteiger charge is -2.30. The molecule has 1 N–H and O–H groups in total. The van der Waals surface area contributed by atoms with Crippen molar-refractivity contribution >= 4 is 17.6 Å². The van der Waals surface area contributed by atoms with Crippen LogP contribution in [0.5, 0.6) is 0 Å². The van der Waals surface area contributed by atoms with Crippen LogP contribution in [0.4, 0.5) is 10.5 Å². The van der Waals surface area contributed by atoms with Gasteiger partial charge in [-0.3, -0.25) is 9.69 Å². The molecule has 6 nitrogen and oxygen atoms in total. The maximum absolute atomic E-state index is 13.0. The zero-order chi connectivity index (χ0) is 26.5. The molecule has 0 aromatic heterocycles. The van der Waals surface area contributed by atoms with Gasteiger partial charge in [0.05, 0.1) is 0 Å². The number of ether oxygens (including phenoxy) is 1. The van der Waals surface area contributed by atoms with Crippen molar-refractivity contribution in [3.05, 3.63) is 54.1 Å². The van der Waals surface area contributed by atoms with Gasteiger partial charge in [-0.25, -0.2) is 4.79 Å². The maximum Gasteiger partial charge on any atom is 0.321 e. The molecule has 2 aromatic carbocycles. The molecule has 1 atom stereocenters. The molecule has 37 heavy (non-hydrogen) atoms. The molecule has 0 saturated carbocycles. The highest BCUT2D eigenvalue weighted by molar-refractivity contribution is 5.92. The van der Waals surface area contributed by atoms with E-state index in [0.717, 1.165) is 61.2 Å². The molecule has 0 spiro atoms. The summed E-state index contributed by atoms with van der Waals surface area (Å²) < 4.78 is 5.86. The summed E-state index contributed by atoms with van der Waals surface area (Å²) >= 11 is 0. The highest BCUT2D eigenvalue weighted by Gasteiger charge is 2.26. The Balaban J connectivity index is 1.59. The fraction of sp³-hybridized carbons (Fsp3) is 0.548. The summed E-state index contributed by atoms with van der Waals surface area (Å²) in [5.74, 6) is 0.112. The summed E-state index contributed by atoms with van der Waals surface area (Å²) in [7, 11) is 1.81. The van der Waals surface area contributed by atoms with Crippen molar-refractivity contribution in [2.24, 2.45) is 0 Å². The molecule has 0 bridgehead atoms. The van der Waals surface area contributed by atoms with E-state index >= 15 is 0 Å². The first-order valence-electron chi connectivity index (χ1n) is 14.1. The number of hydrogen-bond donors (Lipinski definition) is 1. The number of amides is 3. The van der Waals surface area contributed by atoms with Crippen LogP contribution in [0.1, 0.15) is 70.8 Å².